The number of hydrogen-bond donors (Lipinski definition) is 2. The Labute approximate surface area is 329 Å². The molecule has 2 atom stereocenters. The highest BCUT2D eigenvalue weighted by molar-refractivity contribution is 7.22. The summed E-state index contributed by atoms with van der Waals surface area (Å²) in [7, 11) is 0. The van der Waals surface area contributed by atoms with E-state index in [-0.39, 0.29) is 44.1 Å². The number of fused-ring (bicyclic) bond motifs is 2. The molecule has 2 unspecified atom stereocenters. The number of nitrogens with zero attached hydrogens (tertiary/aromatic N) is 4. The molecule has 56 heavy (non-hydrogen) atoms. The van der Waals surface area contributed by atoms with Crippen LogP contribution in [-0.2, 0) is 11.3 Å². The van der Waals surface area contributed by atoms with Crippen LogP contribution in [0.1, 0.15) is 99.7 Å². The van der Waals surface area contributed by atoms with Gasteiger partial charge in [0.25, 0.3) is 5.91 Å². The highest BCUT2D eigenvalue weighted by Gasteiger charge is 2.66. The molecule has 2 N–H and O–H groups in total. The van der Waals surface area contributed by atoms with Crippen molar-refractivity contribution in [2.24, 2.45) is 16.2 Å². The van der Waals surface area contributed by atoms with Crippen molar-refractivity contribution in [3.05, 3.63) is 95.7 Å². The van der Waals surface area contributed by atoms with Gasteiger partial charge in [0, 0.05) is 39.9 Å². The minimum atomic E-state index is -1.17. The number of hydrogen-bond acceptors (Lipinski definition) is 7. The van der Waals surface area contributed by atoms with Gasteiger partial charge in [-0.3, -0.25) is 14.8 Å². The maximum atomic E-state index is 15.1. The summed E-state index contributed by atoms with van der Waals surface area (Å²) in [6.07, 6.45) is 8.39. The number of carbonyl (C=O) groups excluding carboxylic acids is 1. The number of amides is 1. The molecule has 0 aliphatic heterocycles. The summed E-state index contributed by atoms with van der Waals surface area (Å²) in [5.41, 5.74) is 3.98. The van der Waals surface area contributed by atoms with E-state index in [2.05, 4.69) is 54.6 Å². The first-order valence-electron chi connectivity index (χ1n) is 19.3. The molecule has 4 aliphatic rings. The summed E-state index contributed by atoms with van der Waals surface area (Å²) < 4.78 is 25.1. The number of benzene rings is 3. The van der Waals surface area contributed by atoms with Gasteiger partial charge in [0.2, 0.25) is 0 Å². The number of anilines is 1. The standard InChI is InChI=1S/C45H46FN5O4S/c1-26-32(18-47-51(26)25-44-20-42(5)19-43(6,21-44)23-45(22-42,24-44)55-41(2,3)4)29-14-16-34(48-37(29)39(53)54)27-11-12-28-31(17-27)30(13-15-33(28)46)38(52)50-40-49-35-9-7-8-10-36(35)56-40/h7-18H,19-25H2,1-6H3,(H,53,54)(H,49,50,52). The normalized spacial score (nSPS) is 25.6. The lowest BCUT2D eigenvalue weighted by Gasteiger charge is -2.70. The third-order valence-corrected chi connectivity index (χ3v) is 13.1. The predicted molar refractivity (Wildman–Crippen MR) is 218 cm³/mol. The Balaban J connectivity index is 1.03. The minimum Gasteiger partial charge on any atom is -0.476 e. The van der Waals surface area contributed by atoms with E-state index in [1.807, 2.05) is 31.2 Å². The van der Waals surface area contributed by atoms with Crippen LogP contribution in [-0.4, -0.2) is 47.9 Å². The fourth-order valence-corrected chi connectivity index (χ4v) is 12.6. The van der Waals surface area contributed by atoms with E-state index in [0.717, 1.165) is 60.1 Å². The summed E-state index contributed by atoms with van der Waals surface area (Å²) in [5, 5.41) is 19.3. The van der Waals surface area contributed by atoms with Crippen LogP contribution < -0.4 is 5.32 Å². The number of aromatic nitrogens is 4. The maximum Gasteiger partial charge on any atom is 0.355 e. The highest BCUT2D eigenvalue weighted by atomic mass is 32.1. The number of nitrogens with one attached hydrogen (secondary N) is 1. The SMILES string of the molecule is Cc1c(-c2ccc(-c3ccc4c(F)ccc(C(=O)Nc5nc6ccccc6s5)c4c3)nc2C(=O)O)cnn1CC12CC3(C)CC(C)(C1)CC(OC(C)(C)C)(C3)C2. The van der Waals surface area contributed by atoms with E-state index >= 15 is 4.39 Å². The molecule has 4 bridgehead atoms. The molecule has 6 aromatic rings. The highest BCUT2D eigenvalue weighted by Crippen LogP contribution is 2.72. The summed E-state index contributed by atoms with van der Waals surface area (Å²) in [6, 6.07) is 18.8. The molecule has 4 saturated carbocycles. The molecule has 4 aliphatic carbocycles. The number of pyridine rings is 1. The topological polar surface area (TPSA) is 119 Å². The quantitative estimate of drug-likeness (QED) is 0.158. The zero-order valence-electron chi connectivity index (χ0n) is 32.6. The molecule has 1 amide bonds. The van der Waals surface area contributed by atoms with Gasteiger partial charge >= 0.3 is 5.97 Å². The summed E-state index contributed by atoms with van der Waals surface area (Å²) in [4.78, 5) is 35.6. The Morgan fingerprint density at radius 2 is 1.66 bits per heavy atom. The molecular formula is C45H46FN5O4S. The van der Waals surface area contributed by atoms with E-state index in [1.165, 1.54) is 29.9 Å². The van der Waals surface area contributed by atoms with Gasteiger partial charge < -0.3 is 9.84 Å². The first kappa shape index (κ1) is 36.6. The summed E-state index contributed by atoms with van der Waals surface area (Å²) in [6.45, 7) is 14.1. The van der Waals surface area contributed by atoms with Gasteiger partial charge in [0.05, 0.1) is 33.3 Å². The minimum absolute atomic E-state index is 0.0228. The lowest BCUT2D eigenvalue weighted by atomic mass is 9.39. The number of ether oxygens (including phenoxy) is 1. The number of rotatable bonds is 8. The molecule has 4 fully saturated rings. The Morgan fingerprint density at radius 3 is 2.38 bits per heavy atom. The fraction of sp³-hybridized carbons (Fsp3) is 0.400. The number of aromatic carboxylic acids is 1. The number of carbonyl (C=O) groups is 2. The predicted octanol–water partition coefficient (Wildman–Crippen LogP) is 10.7. The van der Waals surface area contributed by atoms with Gasteiger partial charge in [0.15, 0.2) is 10.8 Å². The number of carboxylic acids is 1. The molecule has 0 saturated heterocycles. The van der Waals surface area contributed by atoms with E-state index in [0.29, 0.717) is 27.3 Å². The first-order valence-corrected chi connectivity index (χ1v) is 20.1. The van der Waals surface area contributed by atoms with E-state index < -0.39 is 17.7 Å². The second kappa shape index (κ2) is 12.5. The van der Waals surface area contributed by atoms with Gasteiger partial charge in [-0.25, -0.2) is 19.2 Å². The van der Waals surface area contributed by atoms with Crippen LogP contribution in [0.3, 0.4) is 0 Å². The average Bonchev–Trinajstić information content (AvgIpc) is 3.66. The van der Waals surface area contributed by atoms with Gasteiger partial charge in [-0.2, -0.15) is 5.10 Å². The second-order valence-electron chi connectivity index (χ2n) is 18.6. The number of halogens is 1. The van der Waals surface area contributed by atoms with Crippen LogP contribution in [0, 0.1) is 29.0 Å². The third kappa shape index (κ3) is 6.38. The van der Waals surface area contributed by atoms with Crippen LogP contribution in [0.2, 0.25) is 0 Å². The Bertz CT molecular complexity index is 2550. The van der Waals surface area contributed by atoms with Crippen molar-refractivity contribution in [1.29, 1.82) is 0 Å². The number of para-hydroxylation sites is 1. The average molecular weight is 772 g/mol. The van der Waals surface area contributed by atoms with Crippen molar-refractivity contribution < 1.29 is 23.8 Å². The zero-order chi connectivity index (χ0) is 39.4. The van der Waals surface area contributed by atoms with Crippen LogP contribution in [0.5, 0.6) is 0 Å². The largest absolute Gasteiger partial charge is 0.476 e. The molecule has 0 spiro atoms. The Morgan fingerprint density at radius 1 is 0.911 bits per heavy atom. The van der Waals surface area contributed by atoms with Gasteiger partial charge in [0.1, 0.15) is 5.82 Å². The molecule has 3 aromatic carbocycles. The molecule has 3 heterocycles. The Hall–Kier alpha value is -5.00. The molecular weight excluding hydrogens is 726 g/mol. The molecule has 288 valence electrons. The van der Waals surface area contributed by atoms with E-state index in [9.17, 15) is 14.7 Å². The molecule has 3 aromatic heterocycles. The summed E-state index contributed by atoms with van der Waals surface area (Å²) in [5.74, 6) is -2.07. The Kier molecular flexibility index (Phi) is 8.18. The van der Waals surface area contributed by atoms with Crippen molar-refractivity contribution in [2.75, 3.05) is 5.32 Å². The first-order chi connectivity index (χ1) is 26.4. The monoisotopic (exact) mass is 771 g/mol. The van der Waals surface area contributed by atoms with Gasteiger partial charge in [-0.1, -0.05) is 49.4 Å². The van der Waals surface area contributed by atoms with E-state index in [4.69, 9.17) is 9.84 Å². The lowest BCUT2D eigenvalue weighted by Crippen LogP contribution is -2.65. The van der Waals surface area contributed by atoms with Gasteiger partial charge in [-0.05, 0) is 130 Å². The van der Waals surface area contributed by atoms with Gasteiger partial charge in [-0.15, -0.1) is 0 Å². The van der Waals surface area contributed by atoms with Crippen LogP contribution in [0.15, 0.2) is 72.9 Å². The smallest absolute Gasteiger partial charge is 0.355 e. The van der Waals surface area contributed by atoms with Crippen LogP contribution in [0.25, 0.3) is 43.4 Å². The van der Waals surface area contributed by atoms with Crippen molar-refractivity contribution in [1.82, 2.24) is 19.7 Å². The molecule has 0 radical (unpaired) electrons. The van der Waals surface area contributed by atoms with Crippen molar-refractivity contribution >= 4 is 49.3 Å². The fourth-order valence-electron chi connectivity index (χ4n) is 11.7. The lowest BCUT2D eigenvalue weighted by molar-refractivity contribution is -0.275. The number of thiazole rings is 1. The zero-order valence-corrected chi connectivity index (χ0v) is 33.4. The number of carboxylic acid groups (broad SMARTS) is 1. The van der Waals surface area contributed by atoms with E-state index in [1.54, 1.807) is 36.5 Å². The van der Waals surface area contributed by atoms with Crippen molar-refractivity contribution in [3.63, 3.8) is 0 Å². The third-order valence-electron chi connectivity index (χ3n) is 12.2. The van der Waals surface area contributed by atoms with Crippen molar-refractivity contribution in [3.8, 4) is 22.4 Å². The molecule has 11 heteroatoms. The summed E-state index contributed by atoms with van der Waals surface area (Å²) >= 11 is 1.36. The van der Waals surface area contributed by atoms with Crippen molar-refractivity contribution in [2.45, 2.75) is 97.8 Å². The molecule has 10 rings (SSSR count). The maximum absolute atomic E-state index is 15.1. The molecule has 9 nitrogen and oxygen atoms in total. The second-order valence-corrected chi connectivity index (χ2v) is 19.6. The van der Waals surface area contributed by atoms with Crippen LogP contribution in [0.4, 0.5) is 9.52 Å². The van der Waals surface area contributed by atoms with Crippen LogP contribution >= 0.6 is 11.3 Å².